The van der Waals surface area contributed by atoms with Crippen LogP contribution in [0.2, 0.25) is 0 Å². The zero-order chi connectivity index (χ0) is 15.6. The molecule has 0 aliphatic carbocycles. The molecule has 2 aromatic carbocycles. The summed E-state index contributed by atoms with van der Waals surface area (Å²) in [7, 11) is -3.82. The van der Waals surface area contributed by atoms with Crippen LogP contribution < -0.4 is 10.5 Å². The molecule has 0 aromatic heterocycles. The maximum Gasteiger partial charge on any atom is 0.256 e. The van der Waals surface area contributed by atoms with E-state index < -0.39 is 10.0 Å². The SMILES string of the molecule is Cc1ccc(NC(=O)c2ccccc2I)cc1S(N)(=O)=O. The molecule has 2 rings (SSSR count). The van der Waals surface area contributed by atoms with Gasteiger partial charge in [-0.25, -0.2) is 13.6 Å². The second-order valence-corrected chi connectivity index (χ2v) is 7.15. The molecule has 21 heavy (non-hydrogen) atoms. The number of halogens is 1. The Morgan fingerprint density at radius 1 is 1.19 bits per heavy atom. The fourth-order valence-electron chi connectivity index (χ4n) is 1.83. The van der Waals surface area contributed by atoms with E-state index in [1.54, 1.807) is 31.2 Å². The van der Waals surface area contributed by atoms with Gasteiger partial charge in [0, 0.05) is 9.26 Å². The van der Waals surface area contributed by atoms with E-state index in [2.05, 4.69) is 27.9 Å². The van der Waals surface area contributed by atoms with Crippen molar-refractivity contribution in [1.82, 2.24) is 0 Å². The topological polar surface area (TPSA) is 89.3 Å². The number of nitrogens with two attached hydrogens (primary N) is 1. The summed E-state index contributed by atoms with van der Waals surface area (Å²) in [5.41, 5.74) is 1.44. The molecule has 0 aliphatic rings. The van der Waals surface area contributed by atoms with Crippen LogP contribution in [0, 0.1) is 10.5 Å². The van der Waals surface area contributed by atoms with Crippen molar-refractivity contribution < 1.29 is 13.2 Å². The van der Waals surface area contributed by atoms with Crippen molar-refractivity contribution in [1.29, 1.82) is 0 Å². The molecule has 0 unspecified atom stereocenters. The number of carbonyl (C=O) groups is 1. The van der Waals surface area contributed by atoms with Gasteiger partial charge in [-0.1, -0.05) is 18.2 Å². The Labute approximate surface area is 136 Å². The summed E-state index contributed by atoms with van der Waals surface area (Å²) in [4.78, 5) is 12.2. The van der Waals surface area contributed by atoms with Gasteiger partial charge in [0.25, 0.3) is 5.91 Å². The maximum atomic E-state index is 12.2. The van der Waals surface area contributed by atoms with Crippen LogP contribution in [0.1, 0.15) is 15.9 Å². The summed E-state index contributed by atoms with van der Waals surface area (Å²) < 4.78 is 23.8. The number of rotatable bonds is 3. The fourth-order valence-corrected chi connectivity index (χ4v) is 3.27. The number of hydrogen-bond donors (Lipinski definition) is 2. The van der Waals surface area contributed by atoms with Crippen LogP contribution in [-0.2, 0) is 10.0 Å². The van der Waals surface area contributed by atoms with Gasteiger partial charge in [-0.2, -0.15) is 0 Å². The lowest BCUT2D eigenvalue weighted by molar-refractivity contribution is 0.102. The Hall–Kier alpha value is -1.45. The first-order valence-electron chi connectivity index (χ1n) is 5.98. The van der Waals surface area contributed by atoms with Gasteiger partial charge < -0.3 is 5.32 Å². The second kappa shape index (κ2) is 6.12. The van der Waals surface area contributed by atoms with Gasteiger partial charge in [-0.05, 0) is 59.3 Å². The number of carbonyl (C=O) groups excluding carboxylic acids is 1. The fraction of sp³-hybridized carbons (Fsp3) is 0.0714. The molecule has 0 atom stereocenters. The van der Waals surface area contributed by atoms with Crippen molar-refractivity contribution in [2.24, 2.45) is 5.14 Å². The van der Waals surface area contributed by atoms with E-state index in [9.17, 15) is 13.2 Å². The Morgan fingerprint density at radius 2 is 1.86 bits per heavy atom. The van der Waals surface area contributed by atoms with Crippen LogP contribution in [0.4, 0.5) is 5.69 Å². The van der Waals surface area contributed by atoms with Gasteiger partial charge in [0.1, 0.15) is 0 Å². The minimum Gasteiger partial charge on any atom is -0.322 e. The van der Waals surface area contributed by atoms with E-state index in [-0.39, 0.29) is 10.8 Å². The largest absolute Gasteiger partial charge is 0.322 e. The van der Waals surface area contributed by atoms with Gasteiger partial charge >= 0.3 is 0 Å². The minimum atomic E-state index is -3.82. The monoisotopic (exact) mass is 416 g/mol. The molecule has 0 saturated heterocycles. The Balaban J connectivity index is 2.33. The average Bonchev–Trinajstić information content (AvgIpc) is 2.40. The third kappa shape index (κ3) is 3.80. The van der Waals surface area contributed by atoms with E-state index in [4.69, 9.17) is 5.14 Å². The highest BCUT2D eigenvalue weighted by atomic mass is 127. The first-order valence-corrected chi connectivity index (χ1v) is 8.61. The molecule has 0 spiro atoms. The van der Waals surface area contributed by atoms with Gasteiger partial charge in [-0.15, -0.1) is 0 Å². The van der Waals surface area contributed by atoms with Crippen LogP contribution in [0.25, 0.3) is 0 Å². The van der Waals surface area contributed by atoms with Crippen LogP contribution in [0.15, 0.2) is 47.4 Å². The number of amides is 1. The summed E-state index contributed by atoms with van der Waals surface area (Å²) in [6.45, 7) is 1.64. The summed E-state index contributed by atoms with van der Waals surface area (Å²) in [6, 6.07) is 11.7. The molecule has 110 valence electrons. The molecule has 0 fully saturated rings. The quantitative estimate of drug-likeness (QED) is 0.754. The molecule has 1 amide bonds. The van der Waals surface area contributed by atoms with Gasteiger partial charge in [0.2, 0.25) is 10.0 Å². The molecular weight excluding hydrogens is 403 g/mol. The predicted octanol–water partition coefficient (Wildman–Crippen LogP) is 2.50. The van der Waals surface area contributed by atoms with Crippen molar-refractivity contribution in [3.05, 3.63) is 57.2 Å². The Morgan fingerprint density at radius 3 is 2.48 bits per heavy atom. The number of sulfonamides is 1. The van der Waals surface area contributed by atoms with Crippen molar-refractivity contribution in [3.63, 3.8) is 0 Å². The molecule has 0 radical (unpaired) electrons. The predicted molar refractivity (Wildman–Crippen MR) is 89.7 cm³/mol. The zero-order valence-corrected chi connectivity index (χ0v) is 14.1. The number of benzene rings is 2. The molecule has 2 aromatic rings. The van der Waals surface area contributed by atoms with E-state index >= 15 is 0 Å². The molecule has 5 nitrogen and oxygen atoms in total. The van der Waals surface area contributed by atoms with E-state index in [1.807, 2.05) is 12.1 Å². The van der Waals surface area contributed by atoms with Crippen LogP contribution in [-0.4, -0.2) is 14.3 Å². The van der Waals surface area contributed by atoms with Crippen LogP contribution in [0.3, 0.4) is 0 Å². The van der Waals surface area contributed by atoms with Gasteiger partial charge in [-0.3, -0.25) is 4.79 Å². The molecular formula is C14H13IN2O3S. The van der Waals surface area contributed by atoms with Crippen molar-refractivity contribution >= 4 is 44.2 Å². The lowest BCUT2D eigenvalue weighted by Crippen LogP contribution is -2.16. The number of hydrogen-bond acceptors (Lipinski definition) is 3. The lowest BCUT2D eigenvalue weighted by Gasteiger charge is -2.09. The van der Waals surface area contributed by atoms with E-state index in [0.29, 0.717) is 16.8 Å². The summed E-state index contributed by atoms with van der Waals surface area (Å²) in [6.07, 6.45) is 0. The molecule has 0 bridgehead atoms. The normalized spacial score (nSPS) is 11.2. The number of anilines is 1. The highest BCUT2D eigenvalue weighted by Crippen LogP contribution is 2.20. The molecule has 0 saturated carbocycles. The summed E-state index contributed by atoms with van der Waals surface area (Å²) >= 11 is 2.07. The number of primary sulfonamides is 1. The van der Waals surface area contributed by atoms with Crippen molar-refractivity contribution in [2.45, 2.75) is 11.8 Å². The maximum absolute atomic E-state index is 12.2. The van der Waals surface area contributed by atoms with Gasteiger partial charge in [0.15, 0.2) is 0 Å². The minimum absolute atomic E-state index is 0.00283. The zero-order valence-electron chi connectivity index (χ0n) is 11.1. The van der Waals surface area contributed by atoms with E-state index in [1.165, 1.54) is 6.07 Å². The standard InChI is InChI=1S/C14H13IN2O3S/c1-9-6-7-10(8-13(9)21(16,19)20)17-14(18)11-4-2-3-5-12(11)15/h2-8H,1H3,(H,17,18)(H2,16,19,20). The Kier molecular flexibility index (Phi) is 4.64. The van der Waals surface area contributed by atoms with Crippen molar-refractivity contribution in [3.8, 4) is 0 Å². The third-order valence-electron chi connectivity index (χ3n) is 2.87. The number of nitrogens with one attached hydrogen (secondary N) is 1. The molecule has 0 heterocycles. The molecule has 7 heteroatoms. The molecule has 0 aliphatic heterocycles. The average molecular weight is 416 g/mol. The lowest BCUT2D eigenvalue weighted by atomic mass is 10.2. The molecule has 3 N–H and O–H groups in total. The van der Waals surface area contributed by atoms with Crippen molar-refractivity contribution in [2.75, 3.05) is 5.32 Å². The summed E-state index contributed by atoms with van der Waals surface area (Å²) in [5, 5.41) is 7.83. The first-order chi connectivity index (χ1) is 9.79. The summed E-state index contributed by atoms with van der Waals surface area (Å²) in [5.74, 6) is -0.302. The van der Waals surface area contributed by atoms with E-state index in [0.717, 1.165) is 3.57 Å². The Bertz CT molecular complexity index is 804. The third-order valence-corrected chi connectivity index (χ3v) is 4.86. The first kappa shape index (κ1) is 15.9. The van der Waals surface area contributed by atoms with Gasteiger partial charge in [0.05, 0.1) is 10.5 Å². The smallest absolute Gasteiger partial charge is 0.256 e. The van der Waals surface area contributed by atoms with Crippen LogP contribution >= 0.6 is 22.6 Å². The highest BCUT2D eigenvalue weighted by molar-refractivity contribution is 14.1. The number of aryl methyl sites for hydroxylation is 1. The van der Waals surface area contributed by atoms with Crippen LogP contribution in [0.5, 0.6) is 0 Å². The second-order valence-electron chi connectivity index (χ2n) is 4.46. The highest BCUT2D eigenvalue weighted by Gasteiger charge is 2.14.